The van der Waals surface area contributed by atoms with Crippen LogP contribution in [0.4, 0.5) is 4.39 Å². The van der Waals surface area contributed by atoms with Gasteiger partial charge in [-0.25, -0.2) is 4.39 Å². The van der Waals surface area contributed by atoms with Gasteiger partial charge in [-0.2, -0.15) is 0 Å². The molecular formula is C26H37FO3. The lowest BCUT2D eigenvalue weighted by molar-refractivity contribution is -0.165. The zero-order valence-electron chi connectivity index (χ0n) is 18.6. The second-order valence-corrected chi connectivity index (χ2v) is 11.5. The Morgan fingerprint density at radius 3 is 2.57 bits per heavy atom. The lowest BCUT2D eigenvalue weighted by atomic mass is 9.47. The van der Waals surface area contributed by atoms with E-state index in [4.69, 9.17) is 4.74 Å². The predicted octanol–water partition coefficient (Wildman–Crippen LogP) is 5.96. The summed E-state index contributed by atoms with van der Waals surface area (Å²) in [4.78, 5) is 24.8. The van der Waals surface area contributed by atoms with Gasteiger partial charge in [0, 0.05) is 5.41 Å². The average molecular weight is 417 g/mol. The molecule has 0 radical (unpaired) electrons. The van der Waals surface area contributed by atoms with Crippen molar-refractivity contribution in [2.75, 3.05) is 0 Å². The molecule has 30 heavy (non-hydrogen) atoms. The SMILES string of the molecule is C[C@]12CC[C@H]3[C@@H](CCC4=CC(=O)[C@H](F)C[C@@]43C)[C@@H]1CC[C@@H]2OC(=O)C1CCCCC1. The third-order valence-electron chi connectivity index (χ3n) is 10.1. The number of carbonyl (C=O) groups excluding carboxylic acids is 2. The van der Waals surface area contributed by atoms with Crippen molar-refractivity contribution in [1.82, 2.24) is 0 Å². The van der Waals surface area contributed by atoms with Crippen molar-refractivity contribution in [3.8, 4) is 0 Å². The highest BCUT2D eigenvalue weighted by atomic mass is 19.1. The van der Waals surface area contributed by atoms with Crippen LogP contribution in [-0.2, 0) is 14.3 Å². The number of allylic oxidation sites excluding steroid dienone is 1. The van der Waals surface area contributed by atoms with Crippen molar-refractivity contribution in [3.63, 3.8) is 0 Å². The molecule has 0 heterocycles. The van der Waals surface area contributed by atoms with Crippen LogP contribution in [-0.4, -0.2) is 24.0 Å². The minimum atomic E-state index is -1.33. The van der Waals surface area contributed by atoms with Crippen LogP contribution in [0.3, 0.4) is 0 Å². The maximum atomic E-state index is 14.4. The van der Waals surface area contributed by atoms with Crippen LogP contribution in [0.25, 0.3) is 0 Å². The molecule has 0 unspecified atom stereocenters. The summed E-state index contributed by atoms with van der Waals surface area (Å²) in [6.07, 6.45) is 12.5. The number of hydrogen-bond acceptors (Lipinski definition) is 3. The van der Waals surface area contributed by atoms with Crippen LogP contribution >= 0.6 is 0 Å². The molecule has 4 heteroatoms. The number of alkyl halides is 1. The lowest BCUT2D eigenvalue weighted by Gasteiger charge is -2.58. The molecule has 3 nitrogen and oxygen atoms in total. The van der Waals surface area contributed by atoms with Crippen molar-refractivity contribution in [2.45, 2.75) is 103 Å². The van der Waals surface area contributed by atoms with E-state index in [1.54, 1.807) is 6.08 Å². The predicted molar refractivity (Wildman–Crippen MR) is 113 cm³/mol. The highest BCUT2D eigenvalue weighted by Crippen LogP contribution is 2.65. The van der Waals surface area contributed by atoms with Crippen LogP contribution in [0.5, 0.6) is 0 Å². The van der Waals surface area contributed by atoms with Crippen molar-refractivity contribution in [3.05, 3.63) is 11.6 Å². The van der Waals surface area contributed by atoms with Crippen LogP contribution in [0.15, 0.2) is 11.6 Å². The van der Waals surface area contributed by atoms with Gasteiger partial charge in [-0.15, -0.1) is 0 Å². The van der Waals surface area contributed by atoms with Crippen molar-refractivity contribution >= 4 is 11.8 Å². The topological polar surface area (TPSA) is 43.4 Å². The summed E-state index contributed by atoms with van der Waals surface area (Å²) in [5.41, 5.74) is 1.08. The summed E-state index contributed by atoms with van der Waals surface area (Å²) in [7, 11) is 0. The molecule has 5 rings (SSSR count). The first kappa shape index (κ1) is 20.7. The molecule has 0 aromatic rings. The smallest absolute Gasteiger partial charge is 0.309 e. The minimum Gasteiger partial charge on any atom is -0.462 e. The molecule has 4 saturated carbocycles. The summed E-state index contributed by atoms with van der Waals surface area (Å²) < 4.78 is 20.6. The number of hydrogen-bond donors (Lipinski definition) is 0. The number of carbonyl (C=O) groups is 2. The summed E-state index contributed by atoms with van der Waals surface area (Å²) >= 11 is 0. The lowest BCUT2D eigenvalue weighted by Crippen LogP contribution is -2.53. The van der Waals surface area contributed by atoms with E-state index >= 15 is 0 Å². The minimum absolute atomic E-state index is 0.0458. The molecule has 0 aromatic carbocycles. The van der Waals surface area contributed by atoms with Crippen LogP contribution in [0.1, 0.15) is 90.9 Å². The zero-order valence-corrected chi connectivity index (χ0v) is 18.6. The van der Waals surface area contributed by atoms with Crippen molar-refractivity contribution < 1.29 is 18.7 Å². The normalized spacial score (nSPS) is 46.4. The molecular weight excluding hydrogens is 379 g/mol. The molecule has 0 amide bonds. The van der Waals surface area contributed by atoms with Gasteiger partial charge in [0.25, 0.3) is 0 Å². The number of halogens is 1. The Balaban J connectivity index is 1.33. The first-order chi connectivity index (χ1) is 14.3. The van der Waals surface area contributed by atoms with Crippen LogP contribution in [0, 0.1) is 34.5 Å². The van der Waals surface area contributed by atoms with Crippen LogP contribution in [0.2, 0.25) is 0 Å². The second-order valence-electron chi connectivity index (χ2n) is 11.5. The molecule has 0 spiro atoms. The standard InChI is InChI=1S/C26H37FO3/c1-25-13-12-20-18(9-8-17-14-22(28)21(27)15-26(17,20)2)19(25)10-11-23(25)30-24(29)16-6-4-3-5-7-16/h14,16,18-21,23H,3-13,15H2,1-2H3/t18-,19-,20-,21+,23-,25-,26-/m0/s1. The van der Waals surface area contributed by atoms with Crippen LogP contribution < -0.4 is 0 Å². The average Bonchev–Trinajstić information content (AvgIpc) is 3.06. The maximum Gasteiger partial charge on any atom is 0.309 e. The Kier molecular flexibility index (Phi) is 5.14. The molecule has 7 atom stereocenters. The molecule has 5 aliphatic rings. The third-order valence-corrected chi connectivity index (χ3v) is 10.1. The van der Waals surface area contributed by atoms with Gasteiger partial charge in [0.2, 0.25) is 0 Å². The number of esters is 1. The van der Waals surface area contributed by atoms with Gasteiger partial charge in [0.1, 0.15) is 6.10 Å². The van der Waals surface area contributed by atoms with E-state index in [2.05, 4.69) is 13.8 Å². The molecule has 5 aliphatic carbocycles. The van der Waals surface area contributed by atoms with Crippen molar-refractivity contribution in [1.29, 1.82) is 0 Å². The summed E-state index contributed by atoms with van der Waals surface area (Å²) in [6.45, 7) is 4.57. The third kappa shape index (κ3) is 3.11. The molecule has 0 N–H and O–H groups in total. The highest BCUT2D eigenvalue weighted by molar-refractivity contribution is 5.95. The quantitative estimate of drug-likeness (QED) is 0.522. The first-order valence-corrected chi connectivity index (χ1v) is 12.4. The number of rotatable bonds is 2. The largest absolute Gasteiger partial charge is 0.462 e. The Labute approximate surface area is 180 Å². The summed E-state index contributed by atoms with van der Waals surface area (Å²) in [6, 6.07) is 0. The van der Waals surface area contributed by atoms with E-state index in [-0.39, 0.29) is 34.6 Å². The number of fused-ring (bicyclic) bond motifs is 5. The molecule has 0 aliphatic heterocycles. The van der Waals surface area contributed by atoms with E-state index in [0.717, 1.165) is 64.2 Å². The number of ketones is 1. The monoisotopic (exact) mass is 416 g/mol. The van der Waals surface area contributed by atoms with E-state index in [1.807, 2.05) is 0 Å². The van der Waals surface area contributed by atoms with Crippen molar-refractivity contribution in [2.24, 2.45) is 34.5 Å². The fourth-order valence-corrected chi connectivity index (χ4v) is 8.30. The fourth-order valence-electron chi connectivity index (χ4n) is 8.30. The zero-order chi connectivity index (χ0) is 21.1. The Bertz CT molecular complexity index is 753. The molecule has 4 fully saturated rings. The van der Waals surface area contributed by atoms with Gasteiger partial charge < -0.3 is 4.74 Å². The van der Waals surface area contributed by atoms with Gasteiger partial charge in [-0.3, -0.25) is 9.59 Å². The summed E-state index contributed by atoms with van der Waals surface area (Å²) in [5.74, 6) is 1.40. The van der Waals surface area contributed by atoms with E-state index in [0.29, 0.717) is 24.2 Å². The van der Waals surface area contributed by atoms with E-state index < -0.39 is 6.17 Å². The maximum absolute atomic E-state index is 14.4. The molecule has 0 bridgehead atoms. The number of ether oxygens (including phenoxy) is 1. The van der Waals surface area contributed by atoms with E-state index in [1.165, 1.54) is 12.0 Å². The van der Waals surface area contributed by atoms with Gasteiger partial charge in [0.05, 0.1) is 5.92 Å². The van der Waals surface area contributed by atoms with Gasteiger partial charge in [0.15, 0.2) is 12.0 Å². The van der Waals surface area contributed by atoms with Gasteiger partial charge in [-0.1, -0.05) is 38.7 Å². The Morgan fingerprint density at radius 1 is 1.03 bits per heavy atom. The Morgan fingerprint density at radius 2 is 1.80 bits per heavy atom. The van der Waals surface area contributed by atoms with E-state index in [9.17, 15) is 14.0 Å². The summed E-state index contributed by atoms with van der Waals surface area (Å²) in [5, 5.41) is 0. The molecule has 0 aromatic heterocycles. The Hall–Kier alpha value is -1.19. The molecule has 0 saturated heterocycles. The van der Waals surface area contributed by atoms with Gasteiger partial charge in [-0.05, 0) is 87.0 Å². The molecule has 166 valence electrons. The second kappa shape index (κ2) is 7.45. The first-order valence-electron chi connectivity index (χ1n) is 12.4. The fraction of sp³-hybridized carbons (Fsp3) is 0.846. The highest BCUT2D eigenvalue weighted by Gasteiger charge is 2.60. The van der Waals surface area contributed by atoms with Gasteiger partial charge >= 0.3 is 5.97 Å².